The van der Waals surface area contributed by atoms with E-state index in [0.29, 0.717) is 0 Å². The Morgan fingerprint density at radius 2 is 2.21 bits per heavy atom. The van der Waals surface area contributed by atoms with Crippen LogP contribution in [0.3, 0.4) is 0 Å². The Hall–Kier alpha value is -0.870. The molecule has 0 aliphatic rings. The number of methoxy groups -OCH3 is 1. The number of fused-ring (bicyclic) bond motifs is 1. The maximum atomic E-state index is 5.97. The highest BCUT2D eigenvalue weighted by Gasteiger charge is 2.09. The smallest absolute Gasteiger partial charge is 0.143 e. The predicted molar refractivity (Wildman–Crippen MR) is 64.6 cm³/mol. The number of rotatable bonds is 2. The van der Waals surface area contributed by atoms with Crippen LogP contribution in [0.4, 0.5) is 5.69 Å². The molecule has 4 heteroatoms. The van der Waals surface area contributed by atoms with E-state index >= 15 is 0 Å². The molecule has 1 aromatic heterocycles. The minimum atomic E-state index is 0.746. The van der Waals surface area contributed by atoms with Gasteiger partial charge in [0.2, 0.25) is 0 Å². The number of hydrogen-bond acceptors (Lipinski definition) is 4. The van der Waals surface area contributed by atoms with Gasteiger partial charge in [-0.05, 0) is 18.4 Å². The van der Waals surface area contributed by atoms with Crippen LogP contribution in [0.25, 0.3) is 10.1 Å². The lowest BCUT2D eigenvalue weighted by Gasteiger charge is -2.04. The molecule has 2 rings (SSSR count). The first-order valence-electron chi connectivity index (χ1n) is 4.15. The third-order valence-corrected chi connectivity index (χ3v) is 4.10. The third kappa shape index (κ3) is 1.35. The van der Waals surface area contributed by atoms with Gasteiger partial charge in [-0.1, -0.05) is 0 Å². The summed E-state index contributed by atoms with van der Waals surface area (Å²) in [7, 11) is 1.64. The van der Waals surface area contributed by atoms with E-state index in [4.69, 9.17) is 10.5 Å². The summed E-state index contributed by atoms with van der Waals surface area (Å²) >= 11 is 3.41. The highest BCUT2D eigenvalue weighted by molar-refractivity contribution is 7.99. The number of anilines is 1. The quantitative estimate of drug-likeness (QED) is 0.629. The van der Waals surface area contributed by atoms with E-state index in [0.717, 1.165) is 16.1 Å². The molecule has 2 N–H and O–H groups in total. The van der Waals surface area contributed by atoms with Crippen molar-refractivity contribution in [1.29, 1.82) is 0 Å². The molecule has 14 heavy (non-hydrogen) atoms. The molecule has 0 fully saturated rings. The average Bonchev–Trinajstić information content (AvgIpc) is 2.62. The van der Waals surface area contributed by atoms with Gasteiger partial charge in [-0.15, -0.1) is 23.1 Å². The second-order valence-electron chi connectivity index (χ2n) is 2.86. The van der Waals surface area contributed by atoms with Crippen molar-refractivity contribution < 1.29 is 4.74 Å². The van der Waals surface area contributed by atoms with Crippen LogP contribution >= 0.6 is 23.1 Å². The van der Waals surface area contributed by atoms with Crippen LogP contribution in [0.2, 0.25) is 0 Å². The van der Waals surface area contributed by atoms with E-state index < -0.39 is 0 Å². The first-order valence-corrected chi connectivity index (χ1v) is 6.26. The Labute approximate surface area is 91.1 Å². The van der Waals surface area contributed by atoms with Crippen molar-refractivity contribution in [1.82, 2.24) is 0 Å². The molecule has 0 atom stereocenters. The topological polar surface area (TPSA) is 35.2 Å². The van der Waals surface area contributed by atoms with Crippen molar-refractivity contribution in [2.24, 2.45) is 0 Å². The number of benzene rings is 1. The number of nitrogen functional groups attached to an aromatic ring is 1. The second-order valence-corrected chi connectivity index (χ2v) is 4.59. The molecule has 0 radical (unpaired) electrons. The molecule has 74 valence electrons. The Morgan fingerprint density at radius 3 is 2.86 bits per heavy atom. The van der Waals surface area contributed by atoms with Crippen LogP contribution in [-0.4, -0.2) is 13.4 Å². The fourth-order valence-corrected chi connectivity index (χ4v) is 3.28. The zero-order valence-corrected chi connectivity index (χ0v) is 9.67. The summed E-state index contributed by atoms with van der Waals surface area (Å²) in [5.41, 5.74) is 6.72. The largest absolute Gasteiger partial charge is 0.495 e. The molecule has 0 saturated carbocycles. The molecule has 2 nitrogen and oxygen atoms in total. The normalized spacial score (nSPS) is 10.7. The monoisotopic (exact) mass is 225 g/mol. The van der Waals surface area contributed by atoms with Gasteiger partial charge in [0, 0.05) is 15.7 Å². The molecule has 1 heterocycles. The van der Waals surface area contributed by atoms with Crippen molar-refractivity contribution in [2.45, 2.75) is 4.90 Å². The van der Waals surface area contributed by atoms with E-state index in [-0.39, 0.29) is 0 Å². The lowest BCUT2D eigenvalue weighted by Crippen LogP contribution is -1.91. The fraction of sp³-hybridized carbons (Fsp3) is 0.200. The molecule has 0 aliphatic carbocycles. The van der Waals surface area contributed by atoms with Gasteiger partial charge in [0.25, 0.3) is 0 Å². The summed E-state index contributed by atoms with van der Waals surface area (Å²) in [5, 5.41) is 3.35. The molecule has 1 aromatic carbocycles. The van der Waals surface area contributed by atoms with E-state index in [1.165, 1.54) is 10.3 Å². The highest BCUT2D eigenvalue weighted by atomic mass is 32.2. The number of thioether (sulfide) groups is 1. The molecule has 0 aliphatic heterocycles. The summed E-state index contributed by atoms with van der Waals surface area (Å²) in [6, 6.07) is 3.98. The highest BCUT2D eigenvalue weighted by Crippen LogP contribution is 2.39. The number of ether oxygens (including phenoxy) is 1. The van der Waals surface area contributed by atoms with Crippen molar-refractivity contribution in [2.75, 3.05) is 19.1 Å². The standard InChI is InChI=1S/C10H11NOS2/c1-12-7-4-3-6-8(13-2)5-14-10(6)9(7)11/h3-5H,11H2,1-2H3. The summed E-state index contributed by atoms with van der Waals surface area (Å²) in [6.45, 7) is 0. The van der Waals surface area contributed by atoms with E-state index in [1.807, 2.05) is 6.07 Å². The molecule has 0 spiro atoms. The first kappa shape index (κ1) is 9.68. The molecule has 0 amide bonds. The Bertz CT molecular complexity index is 464. The molecular weight excluding hydrogens is 214 g/mol. The zero-order chi connectivity index (χ0) is 10.1. The number of nitrogens with two attached hydrogens (primary N) is 1. The summed E-state index contributed by atoms with van der Waals surface area (Å²) in [5.74, 6) is 0.756. The lowest BCUT2D eigenvalue weighted by atomic mass is 10.2. The van der Waals surface area contributed by atoms with E-state index in [1.54, 1.807) is 30.2 Å². The van der Waals surface area contributed by atoms with Gasteiger partial charge in [0.15, 0.2) is 0 Å². The van der Waals surface area contributed by atoms with Crippen LogP contribution in [0.1, 0.15) is 0 Å². The second kappa shape index (κ2) is 3.71. The summed E-state index contributed by atoms with van der Waals surface area (Å²) in [4.78, 5) is 1.28. The zero-order valence-electron chi connectivity index (χ0n) is 8.03. The Morgan fingerprint density at radius 1 is 1.43 bits per heavy atom. The van der Waals surface area contributed by atoms with Crippen LogP contribution in [0, 0.1) is 0 Å². The van der Waals surface area contributed by atoms with E-state index in [9.17, 15) is 0 Å². The van der Waals surface area contributed by atoms with Gasteiger partial charge in [0.05, 0.1) is 17.5 Å². The molecule has 2 aromatic rings. The molecule has 0 unspecified atom stereocenters. The SMILES string of the molecule is COc1ccc2c(SC)csc2c1N. The summed E-state index contributed by atoms with van der Waals surface area (Å²) in [6.07, 6.45) is 2.07. The maximum Gasteiger partial charge on any atom is 0.143 e. The number of thiophene rings is 1. The van der Waals surface area contributed by atoms with Gasteiger partial charge in [-0.3, -0.25) is 0 Å². The van der Waals surface area contributed by atoms with Gasteiger partial charge in [0.1, 0.15) is 5.75 Å². The molecular formula is C10H11NOS2. The van der Waals surface area contributed by atoms with Crippen LogP contribution in [-0.2, 0) is 0 Å². The van der Waals surface area contributed by atoms with Gasteiger partial charge in [-0.25, -0.2) is 0 Å². The predicted octanol–water partition coefficient (Wildman–Crippen LogP) is 3.21. The Balaban J connectivity index is 2.72. The van der Waals surface area contributed by atoms with E-state index in [2.05, 4.69) is 17.7 Å². The van der Waals surface area contributed by atoms with Gasteiger partial charge in [-0.2, -0.15) is 0 Å². The van der Waals surface area contributed by atoms with Crippen LogP contribution in [0.15, 0.2) is 22.4 Å². The Kier molecular flexibility index (Phi) is 2.56. The van der Waals surface area contributed by atoms with Crippen molar-refractivity contribution >= 4 is 38.9 Å². The summed E-state index contributed by atoms with van der Waals surface area (Å²) < 4.78 is 6.29. The molecule has 0 saturated heterocycles. The van der Waals surface area contributed by atoms with Crippen LogP contribution < -0.4 is 10.5 Å². The average molecular weight is 225 g/mol. The third-order valence-electron chi connectivity index (χ3n) is 2.15. The van der Waals surface area contributed by atoms with Crippen molar-refractivity contribution in [3.05, 3.63) is 17.5 Å². The fourth-order valence-electron chi connectivity index (χ4n) is 1.41. The molecule has 0 bridgehead atoms. The van der Waals surface area contributed by atoms with Gasteiger partial charge < -0.3 is 10.5 Å². The maximum absolute atomic E-state index is 5.97. The lowest BCUT2D eigenvalue weighted by molar-refractivity contribution is 0.417. The van der Waals surface area contributed by atoms with Gasteiger partial charge >= 0.3 is 0 Å². The van der Waals surface area contributed by atoms with Crippen LogP contribution in [0.5, 0.6) is 5.75 Å². The number of hydrogen-bond donors (Lipinski definition) is 1. The van der Waals surface area contributed by atoms with Crippen molar-refractivity contribution in [3.63, 3.8) is 0 Å². The van der Waals surface area contributed by atoms with Crippen molar-refractivity contribution in [3.8, 4) is 5.75 Å². The minimum Gasteiger partial charge on any atom is -0.495 e. The first-order chi connectivity index (χ1) is 6.77. The minimum absolute atomic E-state index is 0.746.